The predicted molar refractivity (Wildman–Crippen MR) is 106 cm³/mol. The zero-order chi connectivity index (χ0) is 20.0. The number of fused-ring (bicyclic) bond motifs is 2. The Morgan fingerprint density at radius 2 is 2.00 bits per heavy atom. The first-order valence-electron chi connectivity index (χ1n) is 8.83. The van der Waals surface area contributed by atoms with Crippen molar-refractivity contribution in [1.29, 1.82) is 0 Å². The van der Waals surface area contributed by atoms with E-state index in [0.29, 0.717) is 39.7 Å². The molecule has 3 heterocycles. The molecule has 2 aliphatic rings. The highest BCUT2D eigenvalue weighted by Crippen LogP contribution is 2.40. The van der Waals surface area contributed by atoms with E-state index in [1.807, 2.05) is 17.5 Å². The molecule has 29 heavy (non-hydrogen) atoms. The first kappa shape index (κ1) is 17.5. The summed E-state index contributed by atoms with van der Waals surface area (Å²) in [4.78, 5) is 26.1. The standard InChI is InChI=1S/C22H14O6S/c1-12-16(28-22(24)13-4-6-17-18(9-13)26-11-25-17)7-5-15-20(23)19(27-21(12)15)10-14-3-2-8-29-14/h2-10H,11H2,1H3/b19-10-. The van der Waals surface area contributed by atoms with Gasteiger partial charge in [-0.05, 0) is 48.7 Å². The van der Waals surface area contributed by atoms with E-state index in [1.165, 1.54) is 11.3 Å². The number of ether oxygens (including phenoxy) is 4. The highest BCUT2D eigenvalue weighted by molar-refractivity contribution is 7.10. The largest absolute Gasteiger partial charge is 0.454 e. The molecule has 0 saturated carbocycles. The topological polar surface area (TPSA) is 71.1 Å². The van der Waals surface area contributed by atoms with E-state index in [9.17, 15) is 9.59 Å². The molecule has 2 aromatic carbocycles. The lowest BCUT2D eigenvalue weighted by Crippen LogP contribution is -2.09. The zero-order valence-electron chi connectivity index (χ0n) is 15.3. The Labute approximate surface area is 169 Å². The Hall–Kier alpha value is -3.58. The minimum absolute atomic E-state index is 0.129. The van der Waals surface area contributed by atoms with Gasteiger partial charge in [0.1, 0.15) is 11.5 Å². The molecule has 2 aliphatic heterocycles. The Morgan fingerprint density at radius 3 is 2.83 bits per heavy atom. The molecule has 0 unspecified atom stereocenters. The van der Waals surface area contributed by atoms with Gasteiger partial charge in [0.2, 0.25) is 12.6 Å². The van der Waals surface area contributed by atoms with Gasteiger partial charge in [0.25, 0.3) is 0 Å². The van der Waals surface area contributed by atoms with Crippen LogP contribution >= 0.6 is 11.3 Å². The van der Waals surface area contributed by atoms with Gasteiger partial charge < -0.3 is 18.9 Å². The van der Waals surface area contributed by atoms with Gasteiger partial charge in [-0.25, -0.2) is 4.79 Å². The lowest BCUT2D eigenvalue weighted by atomic mass is 10.1. The van der Waals surface area contributed by atoms with Crippen molar-refractivity contribution in [3.63, 3.8) is 0 Å². The third-order valence-electron chi connectivity index (χ3n) is 4.66. The van der Waals surface area contributed by atoms with Gasteiger partial charge >= 0.3 is 5.97 Å². The lowest BCUT2D eigenvalue weighted by molar-refractivity contribution is 0.0732. The van der Waals surface area contributed by atoms with Gasteiger partial charge in [-0.3, -0.25) is 4.79 Å². The SMILES string of the molecule is Cc1c(OC(=O)c2ccc3c(c2)OCO3)ccc2c1O/C(=C\c1cccs1)C2=O. The summed E-state index contributed by atoms with van der Waals surface area (Å²) in [5.74, 6) is 1.36. The van der Waals surface area contributed by atoms with Crippen molar-refractivity contribution in [2.45, 2.75) is 6.92 Å². The van der Waals surface area contributed by atoms with Gasteiger partial charge in [0, 0.05) is 16.5 Å². The number of rotatable bonds is 3. The highest BCUT2D eigenvalue weighted by atomic mass is 32.1. The Bertz CT molecular complexity index is 1180. The molecule has 7 heteroatoms. The van der Waals surface area contributed by atoms with Gasteiger partial charge in [-0.1, -0.05) is 6.07 Å². The van der Waals surface area contributed by atoms with Crippen LogP contribution in [0.3, 0.4) is 0 Å². The third-order valence-corrected chi connectivity index (χ3v) is 5.48. The van der Waals surface area contributed by atoms with Crippen LogP contribution in [0, 0.1) is 6.92 Å². The Morgan fingerprint density at radius 1 is 1.14 bits per heavy atom. The fourth-order valence-electron chi connectivity index (χ4n) is 3.16. The molecule has 0 atom stereocenters. The maximum atomic E-state index is 12.6. The van der Waals surface area contributed by atoms with Gasteiger partial charge in [-0.2, -0.15) is 0 Å². The van der Waals surface area contributed by atoms with E-state index in [4.69, 9.17) is 18.9 Å². The molecule has 144 valence electrons. The number of ketones is 1. The molecule has 1 aromatic heterocycles. The summed E-state index contributed by atoms with van der Waals surface area (Å²) in [6.07, 6.45) is 1.71. The molecule has 5 rings (SSSR count). The van der Waals surface area contributed by atoms with Crippen molar-refractivity contribution in [2.24, 2.45) is 0 Å². The zero-order valence-corrected chi connectivity index (χ0v) is 16.1. The molecule has 3 aromatic rings. The van der Waals surface area contributed by atoms with E-state index in [-0.39, 0.29) is 18.3 Å². The van der Waals surface area contributed by atoms with Crippen LogP contribution in [-0.2, 0) is 0 Å². The lowest BCUT2D eigenvalue weighted by Gasteiger charge is -2.10. The van der Waals surface area contributed by atoms with E-state index < -0.39 is 5.97 Å². The first-order chi connectivity index (χ1) is 14.1. The number of carbonyl (C=O) groups excluding carboxylic acids is 2. The van der Waals surface area contributed by atoms with Crippen LogP contribution in [0.15, 0.2) is 53.6 Å². The Balaban J connectivity index is 1.41. The van der Waals surface area contributed by atoms with Crippen molar-refractivity contribution in [2.75, 3.05) is 6.79 Å². The van der Waals surface area contributed by atoms with Crippen molar-refractivity contribution in [3.05, 3.63) is 75.2 Å². The predicted octanol–water partition coefficient (Wildman–Crippen LogP) is 4.62. The average Bonchev–Trinajstić information content (AvgIpc) is 3.46. The van der Waals surface area contributed by atoms with Crippen molar-refractivity contribution in [1.82, 2.24) is 0 Å². The maximum Gasteiger partial charge on any atom is 0.343 e. The molecular formula is C22H14O6S. The van der Waals surface area contributed by atoms with Gasteiger partial charge in [-0.15, -0.1) is 11.3 Å². The Kier molecular flexibility index (Phi) is 4.10. The normalized spacial score (nSPS) is 15.3. The van der Waals surface area contributed by atoms with E-state index in [0.717, 1.165) is 4.88 Å². The van der Waals surface area contributed by atoms with Crippen LogP contribution in [0.1, 0.15) is 31.2 Å². The molecule has 0 amide bonds. The van der Waals surface area contributed by atoms with Gasteiger partial charge in [0.05, 0.1) is 11.1 Å². The number of hydrogen-bond acceptors (Lipinski definition) is 7. The molecule has 0 N–H and O–H groups in total. The minimum atomic E-state index is -0.537. The van der Waals surface area contributed by atoms with Crippen molar-refractivity contribution >= 4 is 29.2 Å². The number of Topliss-reactive ketones (excluding diaryl/α,β-unsaturated/α-hetero) is 1. The fraction of sp³-hybridized carbons (Fsp3) is 0.0909. The molecule has 6 nitrogen and oxygen atoms in total. The van der Waals surface area contributed by atoms with Crippen molar-refractivity contribution < 1.29 is 28.5 Å². The molecule has 0 radical (unpaired) electrons. The van der Waals surface area contributed by atoms with E-state index >= 15 is 0 Å². The summed E-state index contributed by atoms with van der Waals surface area (Å²) in [6, 6.07) is 11.9. The third kappa shape index (κ3) is 3.05. The maximum absolute atomic E-state index is 12.6. The average molecular weight is 406 g/mol. The molecule has 0 fully saturated rings. The second kappa shape index (κ2) is 6.79. The number of thiophene rings is 1. The number of hydrogen-bond donors (Lipinski definition) is 0. The number of carbonyl (C=O) groups is 2. The quantitative estimate of drug-likeness (QED) is 0.359. The number of esters is 1. The minimum Gasteiger partial charge on any atom is -0.454 e. The molecule has 0 aliphatic carbocycles. The summed E-state index contributed by atoms with van der Waals surface area (Å²) in [5.41, 5.74) is 1.37. The molecular weight excluding hydrogens is 392 g/mol. The monoisotopic (exact) mass is 406 g/mol. The summed E-state index contributed by atoms with van der Waals surface area (Å²) >= 11 is 1.52. The smallest absolute Gasteiger partial charge is 0.343 e. The van der Waals surface area contributed by atoms with Crippen LogP contribution in [0.4, 0.5) is 0 Å². The van der Waals surface area contributed by atoms with Crippen LogP contribution in [0.5, 0.6) is 23.0 Å². The van der Waals surface area contributed by atoms with Crippen LogP contribution in [0.25, 0.3) is 6.08 Å². The van der Waals surface area contributed by atoms with E-state index in [2.05, 4.69) is 0 Å². The van der Waals surface area contributed by atoms with Gasteiger partial charge in [0.15, 0.2) is 17.3 Å². The van der Waals surface area contributed by atoms with Crippen LogP contribution < -0.4 is 18.9 Å². The summed E-state index contributed by atoms with van der Waals surface area (Å²) in [7, 11) is 0. The summed E-state index contributed by atoms with van der Waals surface area (Å²) < 4.78 is 21.9. The number of benzene rings is 2. The summed E-state index contributed by atoms with van der Waals surface area (Å²) in [6.45, 7) is 1.88. The van der Waals surface area contributed by atoms with Crippen molar-refractivity contribution in [3.8, 4) is 23.0 Å². The van der Waals surface area contributed by atoms with Crippen LogP contribution in [0.2, 0.25) is 0 Å². The fourth-order valence-corrected chi connectivity index (χ4v) is 3.81. The summed E-state index contributed by atoms with van der Waals surface area (Å²) in [5, 5.41) is 1.93. The second-order valence-electron chi connectivity index (χ2n) is 6.48. The van der Waals surface area contributed by atoms with Crippen LogP contribution in [-0.4, -0.2) is 18.5 Å². The molecule has 0 bridgehead atoms. The highest BCUT2D eigenvalue weighted by Gasteiger charge is 2.30. The molecule has 0 saturated heterocycles. The van der Waals surface area contributed by atoms with E-state index in [1.54, 1.807) is 43.3 Å². The molecule has 0 spiro atoms. The number of allylic oxidation sites excluding steroid dienone is 1. The first-order valence-corrected chi connectivity index (χ1v) is 9.71. The second-order valence-corrected chi connectivity index (χ2v) is 7.46.